The lowest BCUT2D eigenvalue weighted by Crippen LogP contribution is -2.39. The Hall–Kier alpha value is -1.10. The summed E-state index contributed by atoms with van der Waals surface area (Å²) >= 11 is 0. The number of nitrogens with one attached hydrogen (secondary N) is 2. The molecule has 2 amide bonds. The maximum atomic E-state index is 11.4. The second-order valence-electron chi connectivity index (χ2n) is 3.95. The smallest absolute Gasteiger partial charge is 0.239 e. The lowest BCUT2D eigenvalue weighted by atomic mass is 10.3. The van der Waals surface area contributed by atoms with Gasteiger partial charge in [-0.2, -0.15) is 0 Å². The SMILES string of the molecule is CNCCC(=O)N(C)CC(=O)NC1CC1. The minimum absolute atomic E-state index is 0.00435. The molecule has 0 bridgehead atoms. The van der Waals surface area contributed by atoms with Crippen LogP contribution in [0.25, 0.3) is 0 Å². The van der Waals surface area contributed by atoms with E-state index < -0.39 is 0 Å². The number of likely N-dealkylation sites (N-methyl/N-ethyl adjacent to an activating group) is 1. The molecule has 86 valence electrons. The van der Waals surface area contributed by atoms with Gasteiger partial charge in [-0.25, -0.2) is 0 Å². The molecule has 0 spiro atoms. The Labute approximate surface area is 90.2 Å². The fraction of sp³-hybridized carbons (Fsp3) is 0.800. The highest BCUT2D eigenvalue weighted by Gasteiger charge is 2.24. The zero-order valence-electron chi connectivity index (χ0n) is 9.38. The van der Waals surface area contributed by atoms with Gasteiger partial charge in [-0.3, -0.25) is 9.59 Å². The van der Waals surface area contributed by atoms with Gasteiger partial charge in [-0.15, -0.1) is 0 Å². The number of hydrogen-bond donors (Lipinski definition) is 2. The van der Waals surface area contributed by atoms with Gasteiger partial charge in [0.2, 0.25) is 11.8 Å². The van der Waals surface area contributed by atoms with Crippen LogP contribution in [0.3, 0.4) is 0 Å². The summed E-state index contributed by atoms with van der Waals surface area (Å²) in [6, 6.07) is 0.360. The molecule has 0 atom stereocenters. The Balaban J connectivity index is 2.17. The first-order valence-corrected chi connectivity index (χ1v) is 5.31. The molecule has 1 rings (SSSR count). The van der Waals surface area contributed by atoms with Gasteiger partial charge in [0, 0.05) is 26.1 Å². The lowest BCUT2D eigenvalue weighted by molar-refractivity contribution is -0.134. The standard InChI is InChI=1S/C10H19N3O2/c1-11-6-5-10(15)13(2)7-9(14)12-8-3-4-8/h8,11H,3-7H2,1-2H3,(H,12,14). The summed E-state index contributed by atoms with van der Waals surface area (Å²) in [4.78, 5) is 24.3. The molecular formula is C10H19N3O2. The quantitative estimate of drug-likeness (QED) is 0.615. The third kappa shape index (κ3) is 4.78. The Kier molecular flexibility index (Phi) is 4.55. The van der Waals surface area contributed by atoms with Gasteiger partial charge >= 0.3 is 0 Å². The summed E-state index contributed by atoms with van der Waals surface area (Å²) in [5.41, 5.74) is 0. The summed E-state index contributed by atoms with van der Waals surface area (Å²) in [7, 11) is 3.46. The van der Waals surface area contributed by atoms with Gasteiger partial charge in [0.25, 0.3) is 0 Å². The van der Waals surface area contributed by atoms with Crippen molar-refractivity contribution in [2.24, 2.45) is 0 Å². The Morgan fingerprint density at radius 1 is 1.40 bits per heavy atom. The summed E-state index contributed by atoms with van der Waals surface area (Å²) in [5, 5.41) is 5.75. The van der Waals surface area contributed by atoms with Crippen molar-refractivity contribution in [2.75, 3.05) is 27.2 Å². The monoisotopic (exact) mass is 213 g/mol. The van der Waals surface area contributed by atoms with E-state index in [1.54, 1.807) is 14.1 Å². The predicted molar refractivity (Wildman–Crippen MR) is 57.3 cm³/mol. The van der Waals surface area contributed by atoms with Crippen LogP contribution >= 0.6 is 0 Å². The molecule has 1 aliphatic rings. The summed E-state index contributed by atoms with van der Waals surface area (Å²) in [6.07, 6.45) is 2.58. The van der Waals surface area contributed by atoms with E-state index in [4.69, 9.17) is 0 Å². The Bertz CT molecular complexity index is 239. The molecule has 15 heavy (non-hydrogen) atoms. The van der Waals surface area contributed by atoms with Gasteiger partial charge in [-0.05, 0) is 19.9 Å². The average molecular weight is 213 g/mol. The van der Waals surface area contributed by atoms with E-state index in [2.05, 4.69) is 10.6 Å². The molecule has 0 aromatic heterocycles. The van der Waals surface area contributed by atoms with E-state index in [0.29, 0.717) is 19.0 Å². The molecule has 0 aromatic carbocycles. The molecule has 0 saturated heterocycles. The molecule has 1 saturated carbocycles. The van der Waals surface area contributed by atoms with Crippen LogP contribution < -0.4 is 10.6 Å². The van der Waals surface area contributed by atoms with Crippen LogP contribution in [0.15, 0.2) is 0 Å². The fourth-order valence-electron chi connectivity index (χ4n) is 1.23. The van der Waals surface area contributed by atoms with Crippen LogP contribution in [0, 0.1) is 0 Å². The Morgan fingerprint density at radius 3 is 2.60 bits per heavy atom. The molecule has 0 heterocycles. The number of carbonyl (C=O) groups excluding carboxylic acids is 2. The zero-order valence-corrected chi connectivity index (χ0v) is 9.38. The highest BCUT2D eigenvalue weighted by molar-refractivity contribution is 5.84. The van der Waals surface area contributed by atoms with E-state index in [0.717, 1.165) is 12.8 Å². The van der Waals surface area contributed by atoms with E-state index >= 15 is 0 Å². The minimum atomic E-state index is -0.0576. The number of nitrogens with zero attached hydrogens (tertiary/aromatic N) is 1. The summed E-state index contributed by atoms with van der Waals surface area (Å²) in [6.45, 7) is 0.812. The molecule has 0 aliphatic heterocycles. The average Bonchev–Trinajstić information content (AvgIpc) is 2.97. The van der Waals surface area contributed by atoms with Crippen molar-refractivity contribution in [3.05, 3.63) is 0 Å². The van der Waals surface area contributed by atoms with E-state index in [1.165, 1.54) is 4.90 Å². The second-order valence-corrected chi connectivity index (χ2v) is 3.95. The molecule has 0 unspecified atom stereocenters. The third-order valence-corrected chi connectivity index (χ3v) is 2.34. The first-order chi connectivity index (χ1) is 7.13. The lowest BCUT2D eigenvalue weighted by Gasteiger charge is -2.16. The van der Waals surface area contributed by atoms with Crippen molar-refractivity contribution in [3.63, 3.8) is 0 Å². The normalized spacial score (nSPS) is 14.8. The number of rotatable bonds is 6. The van der Waals surface area contributed by atoms with Crippen molar-refractivity contribution < 1.29 is 9.59 Å². The molecule has 1 aliphatic carbocycles. The zero-order chi connectivity index (χ0) is 11.3. The van der Waals surface area contributed by atoms with Gasteiger partial charge in [-0.1, -0.05) is 0 Å². The van der Waals surface area contributed by atoms with Crippen molar-refractivity contribution in [2.45, 2.75) is 25.3 Å². The van der Waals surface area contributed by atoms with Crippen LogP contribution in [0.5, 0.6) is 0 Å². The highest BCUT2D eigenvalue weighted by atomic mass is 16.2. The Morgan fingerprint density at radius 2 is 2.07 bits per heavy atom. The predicted octanol–water partition coefficient (Wildman–Crippen LogP) is -0.667. The first kappa shape index (κ1) is 12.0. The van der Waals surface area contributed by atoms with Gasteiger partial charge < -0.3 is 15.5 Å². The minimum Gasteiger partial charge on any atom is -0.352 e. The second kappa shape index (κ2) is 5.70. The molecule has 2 N–H and O–H groups in total. The van der Waals surface area contributed by atoms with Crippen LogP contribution in [0.2, 0.25) is 0 Å². The number of hydrogen-bond acceptors (Lipinski definition) is 3. The molecular weight excluding hydrogens is 194 g/mol. The maximum absolute atomic E-state index is 11.4. The van der Waals surface area contributed by atoms with Crippen molar-refractivity contribution in [1.29, 1.82) is 0 Å². The van der Waals surface area contributed by atoms with Crippen LogP contribution in [0.4, 0.5) is 0 Å². The highest BCUT2D eigenvalue weighted by Crippen LogP contribution is 2.18. The van der Waals surface area contributed by atoms with Crippen LogP contribution in [-0.2, 0) is 9.59 Å². The largest absolute Gasteiger partial charge is 0.352 e. The molecule has 1 fully saturated rings. The number of amides is 2. The van der Waals surface area contributed by atoms with Crippen LogP contribution in [0.1, 0.15) is 19.3 Å². The van der Waals surface area contributed by atoms with Crippen molar-refractivity contribution >= 4 is 11.8 Å². The van der Waals surface area contributed by atoms with Gasteiger partial charge in [0.05, 0.1) is 6.54 Å². The van der Waals surface area contributed by atoms with Gasteiger partial charge in [0.1, 0.15) is 0 Å². The fourth-order valence-corrected chi connectivity index (χ4v) is 1.23. The molecule has 5 heteroatoms. The molecule has 0 radical (unpaired) electrons. The van der Waals surface area contributed by atoms with Gasteiger partial charge in [0.15, 0.2) is 0 Å². The van der Waals surface area contributed by atoms with E-state index in [1.807, 2.05) is 0 Å². The van der Waals surface area contributed by atoms with Crippen molar-refractivity contribution in [1.82, 2.24) is 15.5 Å². The first-order valence-electron chi connectivity index (χ1n) is 5.31. The molecule has 0 aromatic rings. The topological polar surface area (TPSA) is 61.4 Å². The van der Waals surface area contributed by atoms with E-state index in [-0.39, 0.29) is 18.4 Å². The summed E-state index contributed by atoms with van der Waals surface area (Å²) < 4.78 is 0. The molecule has 5 nitrogen and oxygen atoms in total. The number of carbonyl (C=O) groups is 2. The maximum Gasteiger partial charge on any atom is 0.239 e. The van der Waals surface area contributed by atoms with Crippen LogP contribution in [-0.4, -0.2) is 49.9 Å². The third-order valence-electron chi connectivity index (χ3n) is 2.34. The van der Waals surface area contributed by atoms with E-state index in [9.17, 15) is 9.59 Å². The summed E-state index contributed by atoms with van der Waals surface area (Å²) in [5.74, 6) is -0.0619. The van der Waals surface area contributed by atoms with Crippen molar-refractivity contribution in [3.8, 4) is 0 Å².